The van der Waals surface area contributed by atoms with E-state index in [9.17, 15) is 9.59 Å². The first-order chi connectivity index (χ1) is 8.56. The number of carbonyl (C=O) groups is 2. The van der Waals surface area contributed by atoms with Gasteiger partial charge in [-0.2, -0.15) is 0 Å². The van der Waals surface area contributed by atoms with Gasteiger partial charge in [-0.25, -0.2) is 0 Å². The van der Waals surface area contributed by atoms with E-state index >= 15 is 0 Å². The molecule has 0 aliphatic carbocycles. The van der Waals surface area contributed by atoms with Crippen LogP contribution in [0.3, 0.4) is 0 Å². The van der Waals surface area contributed by atoms with Crippen molar-refractivity contribution >= 4 is 27.7 Å². The first kappa shape index (κ1) is 13.1. The summed E-state index contributed by atoms with van der Waals surface area (Å²) in [4.78, 5) is 24.6. The molecule has 0 aromatic carbocycles. The van der Waals surface area contributed by atoms with Gasteiger partial charge in [-0.3, -0.25) is 9.59 Å². The Hall–Kier alpha value is -1.30. The van der Waals surface area contributed by atoms with E-state index in [4.69, 9.17) is 10.2 Å². The zero-order valence-electron chi connectivity index (χ0n) is 9.89. The average Bonchev–Trinajstić information content (AvgIpc) is 2.75. The van der Waals surface area contributed by atoms with Crippen LogP contribution in [-0.2, 0) is 4.79 Å². The van der Waals surface area contributed by atoms with Crippen LogP contribution in [0.1, 0.15) is 29.8 Å². The molecule has 1 aromatic heterocycles. The summed E-state index contributed by atoms with van der Waals surface area (Å²) in [6.45, 7) is 1.30. The molecule has 1 aliphatic heterocycles. The van der Waals surface area contributed by atoms with Crippen LogP contribution in [0.25, 0.3) is 0 Å². The fourth-order valence-electron chi connectivity index (χ4n) is 2.21. The zero-order chi connectivity index (χ0) is 13.1. The summed E-state index contributed by atoms with van der Waals surface area (Å²) in [5.41, 5.74) is 5.17. The van der Waals surface area contributed by atoms with Gasteiger partial charge in [-0.1, -0.05) is 0 Å². The predicted molar refractivity (Wildman–Crippen MR) is 68.8 cm³/mol. The maximum atomic E-state index is 12.1. The van der Waals surface area contributed by atoms with Crippen LogP contribution in [0.5, 0.6) is 0 Å². The molecule has 1 saturated heterocycles. The van der Waals surface area contributed by atoms with Crippen LogP contribution < -0.4 is 5.73 Å². The number of nitrogens with zero attached hydrogens (tertiary/aromatic N) is 1. The van der Waals surface area contributed by atoms with Crippen LogP contribution in [0.4, 0.5) is 0 Å². The van der Waals surface area contributed by atoms with E-state index in [-0.39, 0.29) is 11.8 Å². The summed E-state index contributed by atoms with van der Waals surface area (Å²) in [6.07, 6.45) is 2.04. The van der Waals surface area contributed by atoms with Crippen molar-refractivity contribution in [2.24, 2.45) is 11.7 Å². The van der Waals surface area contributed by atoms with Crippen LogP contribution >= 0.6 is 15.9 Å². The standard InChI is InChI=1S/C12H15BrN2O3/c13-10-2-1-9(18-10)12(17)15-5-3-8(4-6-15)7-11(14)16/h1-2,8H,3-7H2,(H2,14,16). The Morgan fingerprint density at radius 2 is 2.06 bits per heavy atom. The molecule has 0 bridgehead atoms. The van der Waals surface area contributed by atoms with E-state index in [2.05, 4.69) is 15.9 Å². The molecular weight excluding hydrogens is 300 g/mol. The van der Waals surface area contributed by atoms with Gasteiger partial charge in [-0.05, 0) is 46.8 Å². The first-order valence-corrected chi connectivity index (χ1v) is 6.68. The molecule has 18 heavy (non-hydrogen) atoms. The van der Waals surface area contributed by atoms with E-state index in [1.165, 1.54) is 0 Å². The molecule has 2 amide bonds. The Labute approximate surface area is 113 Å². The van der Waals surface area contributed by atoms with Crippen LogP contribution in [-0.4, -0.2) is 29.8 Å². The molecule has 2 N–H and O–H groups in total. The second kappa shape index (κ2) is 5.56. The van der Waals surface area contributed by atoms with E-state index < -0.39 is 0 Å². The van der Waals surface area contributed by atoms with Crippen LogP contribution in [0.2, 0.25) is 0 Å². The molecular formula is C12H15BrN2O3. The number of likely N-dealkylation sites (tertiary alicyclic amines) is 1. The predicted octanol–water partition coefficient (Wildman–Crippen LogP) is 1.77. The van der Waals surface area contributed by atoms with Crippen molar-refractivity contribution in [1.82, 2.24) is 4.90 Å². The normalized spacial score (nSPS) is 16.8. The quantitative estimate of drug-likeness (QED) is 0.923. The molecule has 6 heteroatoms. The summed E-state index contributed by atoms with van der Waals surface area (Å²) in [7, 11) is 0. The highest BCUT2D eigenvalue weighted by atomic mass is 79.9. The Balaban J connectivity index is 1.90. The molecule has 0 unspecified atom stereocenters. The molecule has 1 aromatic rings. The Morgan fingerprint density at radius 3 is 2.56 bits per heavy atom. The highest BCUT2D eigenvalue weighted by Gasteiger charge is 2.25. The SMILES string of the molecule is NC(=O)CC1CCN(C(=O)c2ccc(Br)o2)CC1. The Bertz CT molecular complexity index is 450. The molecule has 2 heterocycles. The summed E-state index contributed by atoms with van der Waals surface area (Å²) in [6, 6.07) is 3.36. The molecule has 98 valence electrons. The third-order valence-corrected chi connectivity index (χ3v) is 3.60. The maximum absolute atomic E-state index is 12.1. The number of carbonyl (C=O) groups excluding carboxylic acids is 2. The number of primary amides is 1. The Kier molecular flexibility index (Phi) is 4.06. The van der Waals surface area contributed by atoms with Crippen molar-refractivity contribution in [2.45, 2.75) is 19.3 Å². The lowest BCUT2D eigenvalue weighted by Gasteiger charge is -2.30. The molecule has 1 aliphatic rings. The van der Waals surface area contributed by atoms with Gasteiger partial charge in [0.15, 0.2) is 10.4 Å². The minimum absolute atomic E-state index is 0.0989. The maximum Gasteiger partial charge on any atom is 0.289 e. The number of halogens is 1. The number of hydrogen-bond acceptors (Lipinski definition) is 3. The second-order valence-corrected chi connectivity index (χ2v) is 5.29. The smallest absolute Gasteiger partial charge is 0.289 e. The largest absolute Gasteiger partial charge is 0.444 e. The van der Waals surface area contributed by atoms with Crippen molar-refractivity contribution in [3.63, 3.8) is 0 Å². The number of amides is 2. The van der Waals surface area contributed by atoms with Crippen molar-refractivity contribution in [3.8, 4) is 0 Å². The van der Waals surface area contributed by atoms with Gasteiger partial charge in [0.1, 0.15) is 0 Å². The number of piperidine rings is 1. The molecule has 5 nitrogen and oxygen atoms in total. The lowest BCUT2D eigenvalue weighted by atomic mass is 9.93. The van der Waals surface area contributed by atoms with Crippen LogP contribution in [0, 0.1) is 5.92 Å². The van der Waals surface area contributed by atoms with Crippen molar-refractivity contribution in [1.29, 1.82) is 0 Å². The summed E-state index contributed by atoms with van der Waals surface area (Å²) in [5.74, 6) is 0.276. The molecule has 2 rings (SSSR count). The summed E-state index contributed by atoms with van der Waals surface area (Å²) < 4.78 is 5.79. The van der Waals surface area contributed by atoms with Gasteiger partial charge in [0, 0.05) is 19.5 Å². The molecule has 0 radical (unpaired) electrons. The monoisotopic (exact) mass is 314 g/mol. The number of furan rings is 1. The van der Waals surface area contributed by atoms with Gasteiger partial charge in [0.25, 0.3) is 5.91 Å². The lowest BCUT2D eigenvalue weighted by Crippen LogP contribution is -2.39. The van der Waals surface area contributed by atoms with Gasteiger partial charge >= 0.3 is 0 Å². The fourth-order valence-corrected chi connectivity index (χ4v) is 2.52. The van der Waals surface area contributed by atoms with Crippen LogP contribution in [0.15, 0.2) is 21.2 Å². The van der Waals surface area contributed by atoms with Gasteiger partial charge in [0.2, 0.25) is 5.91 Å². The van der Waals surface area contributed by atoms with Crippen molar-refractivity contribution < 1.29 is 14.0 Å². The molecule has 0 spiro atoms. The highest BCUT2D eigenvalue weighted by molar-refractivity contribution is 9.10. The van der Waals surface area contributed by atoms with Gasteiger partial charge in [0.05, 0.1) is 0 Å². The molecule has 0 atom stereocenters. The summed E-state index contributed by atoms with van der Waals surface area (Å²) >= 11 is 3.17. The van der Waals surface area contributed by atoms with Gasteiger partial charge < -0.3 is 15.1 Å². The fraction of sp³-hybridized carbons (Fsp3) is 0.500. The first-order valence-electron chi connectivity index (χ1n) is 5.89. The second-order valence-electron chi connectivity index (χ2n) is 4.51. The minimum atomic E-state index is -0.269. The topological polar surface area (TPSA) is 76.5 Å². The van der Waals surface area contributed by atoms with E-state index in [0.29, 0.717) is 35.9 Å². The zero-order valence-corrected chi connectivity index (χ0v) is 11.5. The minimum Gasteiger partial charge on any atom is -0.444 e. The van der Waals surface area contributed by atoms with Crippen molar-refractivity contribution in [2.75, 3.05) is 13.1 Å². The van der Waals surface area contributed by atoms with Gasteiger partial charge in [-0.15, -0.1) is 0 Å². The number of nitrogens with two attached hydrogens (primary N) is 1. The Morgan fingerprint density at radius 1 is 1.39 bits per heavy atom. The van der Waals surface area contributed by atoms with E-state index in [1.807, 2.05) is 0 Å². The summed E-state index contributed by atoms with van der Waals surface area (Å²) in [5, 5.41) is 0. The van der Waals surface area contributed by atoms with Crippen molar-refractivity contribution in [3.05, 3.63) is 22.6 Å². The third kappa shape index (κ3) is 3.13. The molecule has 1 fully saturated rings. The average molecular weight is 315 g/mol. The van der Waals surface area contributed by atoms with E-state index in [0.717, 1.165) is 12.8 Å². The van der Waals surface area contributed by atoms with E-state index in [1.54, 1.807) is 17.0 Å². The number of hydrogen-bond donors (Lipinski definition) is 1. The highest BCUT2D eigenvalue weighted by Crippen LogP contribution is 2.23. The lowest BCUT2D eigenvalue weighted by molar-refractivity contribution is -0.119. The third-order valence-electron chi connectivity index (χ3n) is 3.18. The number of rotatable bonds is 3. The molecule has 0 saturated carbocycles.